The zero-order valence-electron chi connectivity index (χ0n) is 26.9. The molecule has 6 amide bonds. The van der Waals surface area contributed by atoms with Crippen LogP contribution in [0.4, 0.5) is 15.3 Å². The van der Waals surface area contributed by atoms with E-state index in [1.807, 2.05) is 48.5 Å². The monoisotopic (exact) mass is 657 g/mol. The van der Waals surface area contributed by atoms with Crippen LogP contribution in [0.15, 0.2) is 72.8 Å². The number of nitrogens with two attached hydrogens (primary N) is 1. The summed E-state index contributed by atoms with van der Waals surface area (Å²) in [7, 11) is 0. The fourth-order valence-electron chi connectivity index (χ4n) is 5.40. The average Bonchev–Trinajstić information content (AvgIpc) is 3.38. The molecule has 0 saturated carbocycles. The highest BCUT2D eigenvalue weighted by Crippen LogP contribution is 2.44. The van der Waals surface area contributed by atoms with Crippen LogP contribution < -0.4 is 32.5 Å². The van der Waals surface area contributed by atoms with Gasteiger partial charge in [0.15, 0.2) is 6.61 Å². The van der Waals surface area contributed by atoms with E-state index in [2.05, 4.69) is 33.7 Å². The summed E-state index contributed by atoms with van der Waals surface area (Å²) in [4.78, 5) is 67.7. The summed E-state index contributed by atoms with van der Waals surface area (Å²) < 4.78 is 5.40. The summed E-state index contributed by atoms with van der Waals surface area (Å²) in [5.74, 6) is -2.27. The first-order valence-corrected chi connectivity index (χ1v) is 15.6. The summed E-state index contributed by atoms with van der Waals surface area (Å²) >= 11 is 0. The number of fused-ring (bicyclic) bond motifs is 3. The van der Waals surface area contributed by atoms with Crippen LogP contribution in [-0.4, -0.2) is 61.7 Å². The molecule has 3 aromatic carbocycles. The van der Waals surface area contributed by atoms with Crippen LogP contribution in [0.3, 0.4) is 0 Å². The van der Waals surface area contributed by atoms with Crippen LogP contribution >= 0.6 is 0 Å². The van der Waals surface area contributed by atoms with Gasteiger partial charge in [0.25, 0.3) is 0 Å². The number of rotatable bonds is 15. The minimum absolute atomic E-state index is 0.0689. The Morgan fingerprint density at radius 3 is 2.08 bits per heavy atom. The minimum Gasteiger partial charge on any atom is -0.447 e. The molecule has 0 saturated heterocycles. The maximum absolute atomic E-state index is 13.3. The summed E-state index contributed by atoms with van der Waals surface area (Å²) in [6.07, 6.45) is -0.350. The van der Waals surface area contributed by atoms with E-state index in [9.17, 15) is 24.0 Å². The van der Waals surface area contributed by atoms with Crippen molar-refractivity contribution in [2.75, 3.05) is 25.1 Å². The largest absolute Gasteiger partial charge is 0.447 e. The molecule has 253 valence electrons. The molecule has 48 heavy (non-hydrogen) atoms. The molecule has 4 rings (SSSR count). The van der Waals surface area contributed by atoms with Crippen LogP contribution in [0, 0.1) is 12.8 Å². The van der Waals surface area contributed by atoms with Gasteiger partial charge in [-0.2, -0.15) is 5.48 Å². The zero-order chi connectivity index (χ0) is 34.6. The van der Waals surface area contributed by atoms with Crippen molar-refractivity contribution in [1.29, 1.82) is 0 Å². The molecule has 2 atom stereocenters. The maximum Gasteiger partial charge on any atom is 0.431 e. The summed E-state index contributed by atoms with van der Waals surface area (Å²) in [6.45, 7) is 6.95. The third-order valence-electron chi connectivity index (χ3n) is 7.79. The van der Waals surface area contributed by atoms with E-state index in [-0.39, 0.29) is 31.4 Å². The van der Waals surface area contributed by atoms with E-state index < -0.39 is 48.5 Å². The number of nitrogens with one attached hydrogen (secondary N) is 5. The predicted molar refractivity (Wildman–Crippen MR) is 179 cm³/mol. The number of primary amides is 1. The molecule has 0 fully saturated rings. The molecule has 0 aromatic heterocycles. The first-order valence-electron chi connectivity index (χ1n) is 15.6. The van der Waals surface area contributed by atoms with Crippen molar-refractivity contribution in [2.24, 2.45) is 11.7 Å². The number of amides is 6. The molecular formula is C35H41N6O7. The fraction of sp³-hybridized carbons (Fsp3) is 0.314. The summed E-state index contributed by atoms with van der Waals surface area (Å²) in [5, 5.41) is 10.5. The SMILES string of the molecule is [CH2]c1ccc(NC(=O)C(CCCNC(N)=O)NC(=O)C(NC(=O)CONC(=O)OCC2c3ccccc3-c3ccccc32)C(C)C)cc1. The van der Waals surface area contributed by atoms with Crippen molar-refractivity contribution in [2.45, 2.75) is 44.7 Å². The number of anilines is 1. The van der Waals surface area contributed by atoms with Crippen LogP contribution in [-0.2, 0) is 24.0 Å². The topological polar surface area (TPSA) is 190 Å². The molecule has 1 radical (unpaired) electrons. The Labute approximate surface area is 279 Å². The van der Waals surface area contributed by atoms with Crippen molar-refractivity contribution in [3.05, 3.63) is 96.4 Å². The second-order valence-electron chi connectivity index (χ2n) is 11.7. The number of benzene rings is 3. The van der Waals surface area contributed by atoms with Crippen LogP contribution in [0.5, 0.6) is 0 Å². The lowest BCUT2D eigenvalue weighted by atomic mass is 9.98. The highest BCUT2D eigenvalue weighted by atomic mass is 16.7. The predicted octanol–water partition coefficient (Wildman–Crippen LogP) is 3.35. The van der Waals surface area contributed by atoms with E-state index in [0.717, 1.165) is 27.8 Å². The number of hydrogen-bond acceptors (Lipinski definition) is 7. The molecule has 0 bridgehead atoms. The van der Waals surface area contributed by atoms with E-state index in [1.165, 1.54) is 0 Å². The van der Waals surface area contributed by atoms with Gasteiger partial charge in [-0.25, -0.2) is 9.59 Å². The summed E-state index contributed by atoms with van der Waals surface area (Å²) in [5.41, 5.74) is 12.8. The number of carbonyl (C=O) groups is 5. The standard InChI is InChI=1S/C35H41N6O7/c1-21(2)31(33(44)39-29(13-8-18-37-34(36)45)32(43)38-23-16-14-22(3)15-17-23)40-30(42)20-48-41-35(46)47-19-28-26-11-6-4-9-24(26)25-10-5-7-12-27(25)28/h4-7,9-12,14-17,21,28-29,31H,3,8,13,18-20H2,1-2H3,(H,38,43)(H,39,44)(H,40,42)(H,41,46)(H3,36,37,45). The van der Waals surface area contributed by atoms with Gasteiger partial charge in [0, 0.05) is 18.2 Å². The van der Waals surface area contributed by atoms with Crippen LogP contribution in [0.1, 0.15) is 49.3 Å². The molecule has 7 N–H and O–H groups in total. The van der Waals surface area contributed by atoms with Crippen molar-refractivity contribution in [3.63, 3.8) is 0 Å². The number of hydroxylamine groups is 1. The first-order chi connectivity index (χ1) is 23.0. The molecule has 0 heterocycles. The molecule has 1 aliphatic carbocycles. The second-order valence-corrected chi connectivity index (χ2v) is 11.7. The Morgan fingerprint density at radius 1 is 0.854 bits per heavy atom. The zero-order valence-corrected chi connectivity index (χ0v) is 26.9. The van der Waals surface area contributed by atoms with E-state index in [1.54, 1.807) is 38.1 Å². The van der Waals surface area contributed by atoms with Crippen molar-refractivity contribution in [1.82, 2.24) is 21.4 Å². The van der Waals surface area contributed by atoms with Crippen molar-refractivity contribution >= 4 is 35.5 Å². The Morgan fingerprint density at radius 2 is 1.48 bits per heavy atom. The van der Waals surface area contributed by atoms with Gasteiger partial charge in [0.05, 0.1) is 0 Å². The first kappa shape index (κ1) is 35.4. The van der Waals surface area contributed by atoms with Crippen LogP contribution in [0.2, 0.25) is 0 Å². The minimum atomic E-state index is -1.03. The normalized spacial score (nSPS) is 13.0. The number of ether oxygens (including phenoxy) is 1. The van der Waals surface area contributed by atoms with E-state index >= 15 is 0 Å². The number of urea groups is 1. The van der Waals surface area contributed by atoms with Gasteiger partial charge in [-0.3, -0.25) is 19.2 Å². The Bertz CT molecular complexity index is 1570. The van der Waals surface area contributed by atoms with Gasteiger partial charge in [-0.15, -0.1) is 0 Å². The molecule has 3 aromatic rings. The maximum atomic E-state index is 13.3. The lowest BCUT2D eigenvalue weighted by Gasteiger charge is -2.25. The fourth-order valence-corrected chi connectivity index (χ4v) is 5.40. The second kappa shape index (κ2) is 16.9. The van der Waals surface area contributed by atoms with Gasteiger partial charge < -0.3 is 31.7 Å². The van der Waals surface area contributed by atoms with Gasteiger partial charge in [0.2, 0.25) is 17.7 Å². The van der Waals surface area contributed by atoms with E-state index in [4.69, 9.17) is 15.3 Å². The third kappa shape index (κ3) is 9.79. The molecule has 2 unspecified atom stereocenters. The third-order valence-corrected chi connectivity index (χ3v) is 7.79. The smallest absolute Gasteiger partial charge is 0.431 e. The lowest BCUT2D eigenvalue weighted by molar-refractivity contribution is -0.134. The Balaban J connectivity index is 1.27. The average molecular weight is 658 g/mol. The Hall–Kier alpha value is -5.43. The number of carbonyl (C=O) groups excluding carboxylic acids is 5. The quantitative estimate of drug-likeness (QED) is 0.107. The highest BCUT2D eigenvalue weighted by Gasteiger charge is 2.30. The molecular weight excluding hydrogens is 616 g/mol. The lowest BCUT2D eigenvalue weighted by Crippen LogP contribution is -2.55. The van der Waals surface area contributed by atoms with Gasteiger partial charge in [0.1, 0.15) is 18.7 Å². The van der Waals surface area contributed by atoms with Gasteiger partial charge in [-0.1, -0.05) is 74.5 Å². The van der Waals surface area contributed by atoms with E-state index in [0.29, 0.717) is 12.1 Å². The number of hydrogen-bond donors (Lipinski definition) is 6. The molecule has 0 spiro atoms. The summed E-state index contributed by atoms with van der Waals surface area (Å²) in [6, 6.07) is 20.0. The highest BCUT2D eigenvalue weighted by molar-refractivity contribution is 5.98. The van der Waals surface area contributed by atoms with Crippen molar-refractivity contribution in [3.8, 4) is 11.1 Å². The van der Waals surface area contributed by atoms with Crippen molar-refractivity contribution < 1.29 is 33.5 Å². The molecule has 1 aliphatic rings. The molecule has 13 heteroatoms. The Kier molecular flexibility index (Phi) is 12.5. The molecule has 13 nitrogen and oxygen atoms in total. The molecule has 0 aliphatic heterocycles. The van der Waals surface area contributed by atoms with Crippen LogP contribution in [0.25, 0.3) is 11.1 Å². The van der Waals surface area contributed by atoms with Gasteiger partial charge >= 0.3 is 12.1 Å². The van der Waals surface area contributed by atoms with Gasteiger partial charge in [-0.05, 0) is 65.6 Å².